The quantitative estimate of drug-likeness (QED) is 0.0433. The summed E-state index contributed by atoms with van der Waals surface area (Å²) >= 11 is 0. The number of rotatable bonds is 23. The molecule has 0 amide bonds. The van der Waals surface area contributed by atoms with Crippen LogP contribution in [0.4, 0.5) is 13.2 Å². The van der Waals surface area contributed by atoms with Crippen molar-refractivity contribution in [1.29, 1.82) is 0 Å². The Balaban J connectivity index is 1.48. The van der Waals surface area contributed by atoms with E-state index in [-0.39, 0.29) is 0 Å². The third kappa shape index (κ3) is 11.9. The van der Waals surface area contributed by atoms with Crippen molar-refractivity contribution in [3.05, 3.63) is 84.9 Å². The van der Waals surface area contributed by atoms with E-state index in [9.17, 15) is 21.6 Å². The lowest BCUT2D eigenvalue weighted by molar-refractivity contribution is -0.0540. The van der Waals surface area contributed by atoms with Gasteiger partial charge in [-0.25, -0.2) is 0 Å². The summed E-state index contributed by atoms with van der Waals surface area (Å²) in [5.41, 5.74) is -5.52. The van der Waals surface area contributed by atoms with Crippen LogP contribution >= 0.6 is 10.3 Å². The maximum Gasteiger partial charge on any atom is 0.572 e. The Kier molecular flexibility index (Phi) is 16.5. The summed E-state index contributed by atoms with van der Waals surface area (Å²) in [6, 6.07) is 23.3. The Bertz CT molecular complexity index is 1290. The van der Waals surface area contributed by atoms with E-state index in [1.165, 1.54) is 89.9 Å². The van der Waals surface area contributed by atoms with Crippen molar-refractivity contribution in [2.75, 3.05) is 6.61 Å². The van der Waals surface area contributed by atoms with Crippen LogP contribution in [0.2, 0.25) is 0 Å². The maximum absolute atomic E-state index is 13.7. The fraction of sp³-hybridized carbons (Fsp3) is 0.514. The second-order valence-corrected chi connectivity index (χ2v) is 16.4. The SMILES string of the molecule is CCCCCCCCCCCCCCCCCCOc1ccc(S([OH+]S(=O)(=O)C(F)(F)F)(c2ccccc2)c2ccccc2)cc1. The normalized spacial score (nSPS) is 12.7. The van der Waals surface area contributed by atoms with Crippen molar-refractivity contribution >= 4 is 20.4 Å². The largest absolute Gasteiger partial charge is 0.572 e. The van der Waals surface area contributed by atoms with Crippen LogP contribution in [0.25, 0.3) is 0 Å². The molecule has 0 aliphatic heterocycles. The number of hydrogen-bond acceptors (Lipinski definition) is 3. The van der Waals surface area contributed by atoms with Gasteiger partial charge in [-0.1, -0.05) is 140 Å². The lowest BCUT2D eigenvalue weighted by atomic mass is 10.0. The van der Waals surface area contributed by atoms with E-state index in [0.29, 0.717) is 27.0 Å². The molecule has 0 spiro atoms. The first-order valence-electron chi connectivity index (χ1n) is 16.9. The third-order valence-corrected chi connectivity index (χ3v) is 13.2. The molecule has 3 rings (SSSR count). The molecule has 0 aliphatic carbocycles. The summed E-state index contributed by atoms with van der Waals surface area (Å²) in [4.78, 5) is 1.14. The third-order valence-electron chi connectivity index (χ3n) is 8.10. The van der Waals surface area contributed by atoms with Gasteiger partial charge in [0.25, 0.3) is 0 Å². The van der Waals surface area contributed by atoms with Crippen molar-refractivity contribution in [3.8, 4) is 5.75 Å². The molecule has 0 radical (unpaired) electrons. The summed E-state index contributed by atoms with van der Waals surface area (Å²) in [5, 5.41) is 0. The van der Waals surface area contributed by atoms with E-state index in [1.54, 1.807) is 84.9 Å². The Hall–Kier alpha value is -2.49. The molecule has 0 aromatic heterocycles. The van der Waals surface area contributed by atoms with E-state index in [1.807, 2.05) is 0 Å². The summed E-state index contributed by atoms with van der Waals surface area (Å²) in [7, 11) is -9.00. The first-order valence-corrected chi connectivity index (χ1v) is 20.0. The van der Waals surface area contributed by atoms with Crippen LogP contribution in [-0.4, -0.2) is 24.2 Å². The van der Waals surface area contributed by atoms with Gasteiger partial charge in [-0.3, -0.25) is 3.63 Å². The molecule has 0 aliphatic rings. The van der Waals surface area contributed by atoms with Crippen LogP contribution in [0, 0.1) is 0 Å². The number of benzene rings is 3. The van der Waals surface area contributed by atoms with Crippen molar-refractivity contribution in [3.63, 3.8) is 0 Å². The monoisotopic (exact) mass is 681 g/mol. The minimum Gasteiger partial charge on any atom is -0.494 e. The molecule has 0 unspecified atom stereocenters. The van der Waals surface area contributed by atoms with Crippen molar-refractivity contribution in [2.24, 2.45) is 0 Å². The number of unbranched alkanes of at least 4 members (excludes halogenated alkanes) is 15. The van der Waals surface area contributed by atoms with E-state index in [2.05, 4.69) is 10.6 Å². The standard InChI is InChI=1S/C37H51F3O4S2/c1-2-3-4-5-6-7-8-9-10-11-12-13-14-15-16-23-32-43-33-28-30-36(31-29-33)45(34-24-19-17-20-25-34,35-26-21-18-22-27-35)44-46(41,42)37(38,39)40/h17-22,24-31H,2-16,23,32H2,1H3/p+1. The summed E-state index contributed by atoms with van der Waals surface area (Å²) < 4.78 is 75.8. The van der Waals surface area contributed by atoms with Gasteiger partial charge >= 0.3 is 15.6 Å². The van der Waals surface area contributed by atoms with Crippen LogP contribution in [0.3, 0.4) is 0 Å². The van der Waals surface area contributed by atoms with Crippen LogP contribution in [0.5, 0.6) is 5.75 Å². The number of hydrogen-bond donors (Lipinski definition) is 0. The highest BCUT2D eigenvalue weighted by Gasteiger charge is 2.57. The molecule has 256 valence electrons. The summed E-state index contributed by atoms with van der Waals surface area (Å²) in [5.74, 6) is 0.581. The predicted molar refractivity (Wildman–Crippen MR) is 184 cm³/mol. The number of ether oxygens (including phenoxy) is 1. The van der Waals surface area contributed by atoms with Crippen LogP contribution in [0.15, 0.2) is 99.6 Å². The van der Waals surface area contributed by atoms with E-state index < -0.39 is 25.9 Å². The van der Waals surface area contributed by atoms with Gasteiger partial charge in [0.2, 0.25) is 0 Å². The Morgan fingerprint density at radius 2 is 0.913 bits per heavy atom. The highest BCUT2D eigenvalue weighted by atomic mass is 32.3. The molecule has 0 saturated heterocycles. The molecule has 1 N–H and O–H groups in total. The van der Waals surface area contributed by atoms with Crippen LogP contribution in [0.1, 0.15) is 110 Å². The number of halogens is 3. The molecule has 3 aromatic rings. The van der Waals surface area contributed by atoms with E-state index in [4.69, 9.17) is 4.74 Å². The second-order valence-electron chi connectivity index (χ2n) is 11.8. The van der Waals surface area contributed by atoms with Crippen LogP contribution in [-0.2, 0) is 10.1 Å². The Morgan fingerprint density at radius 1 is 0.543 bits per heavy atom. The average Bonchev–Trinajstić information content (AvgIpc) is 3.05. The molecule has 0 bridgehead atoms. The second kappa shape index (κ2) is 20.0. The Morgan fingerprint density at radius 3 is 1.30 bits per heavy atom. The van der Waals surface area contributed by atoms with Gasteiger partial charge < -0.3 is 4.74 Å². The zero-order valence-corrected chi connectivity index (χ0v) is 28.9. The van der Waals surface area contributed by atoms with Gasteiger partial charge in [0.15, 0.2) is 0 Å². The smallest absolute Gasteiger partial charge is 0.494 e. The molecule has 9 heteroatoms. The molecule has 0 saturated carbocycles. The minimum absolute atomic E-state index is 0.368. The average molecular weight is 682 g/mol. The van der Waals surface area contributed by atoms with Crippen molar-refractivity contribution in [1.82, 2.24) is 0 Å². The van der Waals surface area contributed by atoms with Gasteiger partial charge in [-0.2, -0.15) is 13.2 Å². The number of alkyl halides is 3. The van der Waals surface area contributed by atoms with Gasteiger partial charge in [0.05, 0.1) is 31.6 Å². The predicted octanol–water partition coefficient (Wildman–Crippen LogP) is 12.5. The van der Waals surface area contributed by atoms with Crippen LogP contribution < -0.4 is 4.74 Å². The first kappa shape index (κ1) is 38.0. The van der Waals surface area contributed by atoms with Gasteiger partial charge in [-0.15, -0.1) is 8.42 Å². The molecule has 3 aromatic carbocycles. The van der Waals surface area contributed by atoms with Gasteiger partial charge in [-0.05, 0) is 55.0 Å². The zero-order chi connectivity index (χ0) is 33.1. The fourth-order valence-corrected chi connectivity index (χ4v) is 10.5. The lowest BCUT2D eigenvalue weighted by Gasteiger charge is -2.34. The maximum atomic E-state index is 13.7. The highest BCUT2D eigenvalue weighted by molar-refractivity contribution is 8.32. The fourth-order valence-electron chi connectivity index (χ4n) is 5.53. The van der Waals surface area contributed by atoms with Crippen molar-refractivity contribution < 1.29 is 30.0 Å². The minimum atomic E-state index is -5.82. The summed E-state index contributed by atoms with van der Waals surface area (Å²) in [6.45, 7) is 2.80. The zero-order valence-electron chi connectivity index (χ0n) is 27.2. The summed E-state index contributed by atoms with van der Waals surface area (Å²) in [6.07, 6.45) is 20.7. The molecule has 0 atom stereocenters. The van der Waals surface area contributed by atoms with E-state index in [0.717, 1.165) is 12.8 Å². The topological polar surface area (TPSA) is 56.2 Å². The van der Waals surface area contributed by atoms with Gasteiger partial charge in [0.1, 0.15) is 5.75 Å². The van der Waals surface area contributed by atoms with E-state index >= 15 is 0 Å². The molecule has 4 nitrogen and oxygen atoms in total. The molecule has 0 heterocycles. The molecule has 0 fully saturated rings. The molecular weight excluding hydrogens is 630 g/mol. The molecule has 46 heavy (non-hydrogen) atoms. The molecular formula is C37H52F3O4S2+. The lowest BCUT2D eigenvalue weighted by Crippen LogP contribution is -2.30. The van der Waals surface area contributed by atoms with Crippen molar-refractivity contribution in [2.45, 2.75) is 130 Å². The first-order chi connectivity index (χ1) is 22.2. The highest BCUT2D eigenvalue weighted by Crippen LogP contribution is 2.68. The Labute approximate surface area is 276 Å². The van der Waals surface area contributed by atoms with Gasteiger partial charge in [0, 0.05) is 0 Å².